The van der Waals surface area contributed by atoms with Crippen molar-refractivity contribution >= 4 is 11.7 Å². The molecule has 0 aromatic carbocycles. The zero-order valence-electron chi connectivity index (χ0n) is 15.1. The maximum atomic E-state index is 12.6. The maximum absolute atomic E-state index is 12.6. The number of imidazole rings is 1. The van der Waals surface area contributed by atoms with E-state index >= 15 is 0 Å². The van der Waals surface area contributed by atoms with Gasteiger partial charge in [0.1, 0.15) is 5.82 Å². The fourth-order valence-corrected chi connectivity index (χ4v) is 4.13. The average Bonchev–Trinajstić information content (AvgIpc) is 3.06. The van der Waals surface area contributed by atoms with Crippen LogP contribution < -0.4 is 10.2 Å². The molecule has 1 aliphatic heterocycles. The van der Waals surface area contributed by atoms with Gasteiger partial charge >= 0.3 is 12.1 Å². The highest BCUT2D eigenvalue weighted by Crippen LogP contribution is 2.34. The fraction of sp³-hybridized carbons (Fsp3) is 0.765. The summed E-state index contributed by atoms with van der Waals surface area (Å²) in [5.41, 5.74) is -0.366. The molecule has 1 aromatic heterocycles. The van der Waals surface area contributed by atoms with Gasteiger partial charge in [-0.1, -0.05) is 19.3 Å². The average molecular weight is 373 g/mol. The van der Waals surface area contributed by atoms with Gasteiger partial charge < -0.3 is 14.8 Å². The smallest absolute Gasteiger partial charge is 0.353 e. The highest BCUT2D eigenvalue weighted by atomic mass is 19.4. The highest BCUT2D eigenvalue weighted by Gasteiger charge is 2.43. The number of carbonyl (C=O) groups excluding carboxylic acids is 1. The van der Waals surface area contributed by atoms with Gasteiger partial charge in [-0.05, 0) is 12.8 Å². The largest absolute Gasteiger partial charge is 0.471 e. The number of aryl methyl sites for hydroxylation is 1. The third-order valence-electron chi connectivity index (χ3n) is 5.59. The molecule has 26 heavy (non-hydrogen) atoms. The Morgan fingerprint density at radius 3 is 2.38 bits per heavy atom. The Kier molecular flexibility index (Phi) is 5.45. The number of carbonyl (C=O) groups is 1. The lowest BCUT2D eigenvalue weighted by atomic mass is 9.79. The van der Waals surface area contributed by atoms with E-state index in [9.17, 15) is 18.0 Å². The molecule has 2 aliphatic rings. The molecule has 0 unspecified atom stereocenters. The summed E-state index contributed by atoms with van der Waals surface area (Å²) in [6.45, 7) is 3.16. The van der Waals surface area contributed by atoms with Crippen LogP contribution in [0.2, 0.25) is 0 Å². The Bertz CT molecular complexity index is 616. The van der Waals surface area contributed by atoms with Gasteiger partial charge in [-0.15, -0.1) is 0 Å². The van der Waals surface area contributed by atoms with Crippen molar-refractivity contribution < 1.29 is 18.0 Å². The summed E-state index contributed by atoms with van der Waals surface area (Å²) in [5.74, 6) is -0.912. The van der Waals surface area contributed by atoms with Crippen molar-refractivity contribution in [1.29, 1.82) is 0 Å². The zero-order chi connectivity index (χ0) is 18.8. The van der Waals surface area contributed by atoms with Gasteiger partial charge in [-0.25, -0.2) is 4.98 Å². The first kappa shape index (κ1) is 19.0. The summed E-state index contributed by atoms with van der Waals surface area (Å²) in [7, 11) is 1.92. The van der Waals surface area contributed by atoms with Gasteiger partial charge in [0.2, 0.25) is 0 Å². The van der Waals surface area contributed by atoms with E-state index in [0.717, 1.165) is 64.1 Å². The number of piperazine rings is 1. The first-order valence-electron chi connectivity index (χ1n) is 9.13. The fourth-order valence-electron chi connectivity index (χ4n) is 4.13. The molecule has 1 amide bonds. The molecule has 2 heterocycles. The van der Waals surface area contributed by atoms with Crippen molar-refractivity contribution in [2.24, 2.45) is 7.05 Å². The minimum atomic E-state index is -4.83. The van der Waals surface area contributed by atoms with Crippen LogP contribution in [0.4, 0.5) is 19.0 Å². The Morgan fingerprint density at radius 1 is 1.19 bits per heavy atom. The van der Waals surface area contributed by atoms with Crippen molar-refractivity contribution in [3.63, 3.8) is 0 Å². The topological polar surface area (TPSA) is 53.4 Å². The minimum absolute atomic E-state index is 0.0644. The summed E-state index contributed by atoms with van der Waals surface area (Å²) in [4.78, 5) is 20.1. The number of nitrogens with zero attached hydrogens (tertiary/aromatic N) is 4. The van der Waals surface area contributed by atoms with E-state index in [1.807, 2.05) is 17.8 Å². The van der Waals surface area contributed by atoms with Gasteiger partial charge in [-0.2, -0.15) is 13.2 Å². The molecule has 1 aromatic rings. The molecule has 1 saturated heterocycles. The van der Waals surface area contributed by atoms with E-state index in [2.05, 4.69) is 20.1 Å². The van der Waals surface area contributed by atoms with E-state index in [0.29, 0.717) is 0 Å². The monoisotopic (exact) mass is 373 g/mol. The molecule has 0 radical (unpaired) electrons. The van der Waals surface area contributed by atoms with Crippen LogP contribution in [-0.2, 0) is 11.8 Å². The van der Waals surface area contributed by atoms with Crippen molar-refractivity contribution in [3.8, 4) is 0 Å². The second-order valence-corrected chi connectivity index (χ2v) is 7.34. The quantitative estimate of drug-likeness (QED) is 0.876. The van der Waals surface area contributed by atoms with E-state index in [-0.39, 0.29) is 12.1 Å². The summed E-state index contributed by atoms with van der Waals surface area (Å²) < 4.78 is 39.6. The van der Waals surface area contributed by atoms with Crippen LogP contribution in [0.1, 0.15) is 32.1 Å². The van der Waals surface area contributed by atoms with E-state index in [1.54, 1.807) is 6.33 Å². The van der Waals surface area contributed by atoms with E-state index in [1.165, 1.54) is 0 Å². The molecule has 1 saturated carbocycles. The molecule has 6 nitrogen and oxygen atoms in total. The predicted octanol–water partition coefficient (Wildman–Crippen LogP) is 1.92. The van der Waals surface area contributed by atoms with Crippen molar-refractivity contribution in [2.75, 3.05) is 37.6 Å². The van der Waals surface area contributed by atoms with Gasteiger partial charge in [0.15, 0.2) is 0 Å². The first-order chi connectivity index (χ1) is 12.3. The molecule has 0 atom stereocenters. The van der Waals surface area contributed by atoms with Crippen LogP contribution in [0.25, 0.3) is 0 Å². The normalized spacial score (nSPS) is 21.6. The van der Waals surface area contributed by atoms with Gasteiger partial charge in [-0.3, -0.25) is 9.69 Å². The summed E-state index contributed by atoms with van der Waals surface area (Å²) >= 11 is 0. The van der Waals surface area contributed by atoms with Gasteiger partial charge in [0.05, 0.1) is 6.33 Å². The molecule has 0 bridgehead atoms. The third kappa shape index (κ3) is 4.13. The lowest BCUT2D eigenvalue weighted by Gasteiger charge is -2.50. The number of anilines is 1. The third-order valence-corrected chi connectivity index (χ3v) is 5.59. The van der Waals surface area contributed by atoms with Crippen LogP contribution in [0.5, 0.6) is 0 Å². The van der Waals surface area contributed by atoms with E-state index < -0.39 is 12.1 Å². The molecule has 2 fully saturated rings. The number of halogens is 3. The maximum Gasteiger partial charge on any atom is 0.471 e. The first-order valence-corrected chi connectivity index (χ1v) is 9.13. The standard InChI is InChI=1S/C17H26F3N5O/c1-23-11-14(22-13-23)24-7-9-25(10-8-24)16(5-3-2-4-6-16)12-21-15(26)17(18,19)20/h11,13H,2-10,12H2,1H3,(H,21,26). The Labute approximate surface area is 151 Å². The Balaban J connectivity index is 1.64. The second-order valence-electron chi connectivity index (χ2n) is 7.34. The predicted molar refractivity (Wildman–Crippen MR) is 91.9 cm³/mol. The SMILES string of the molecule is Cn1cnc(N2CCN(C3(CNC(=O)C(F)(F)F)CCCCC3)CC2)c1. The molecule has 146 valence electrons. The van der Waals surface area contributed by atoms with E-state index in [4.69, 9.17) is 0 Å². The van der Waals surface area contributed by atoms with Crippen molar-refractivity contribution in [1.82, 2.24) is 19.8 Å². The number of aromatic nitrogens is 2. The van der Waals surface area contributed by atoms with Crippen molar-refractivity contribution in [2.45, 2.75) is 43.8 Å². The lowest BCUT2D eigenvalue weighted by Crippen LogP contribution is -2.62. The minimum Gasteiger partial charge on any atom is -0.353 e. The highest BCUT2D eigenvalue weighted by molar-refractivity contribution is 5.81. The molecular formula is C17H26F3N5O. The van der Waals surface area contributed by atoms with Crippen LogP contribution >= 0.6 is 0 Å². The number of nitrogens with one attached hydrogen (secondary N) is 1. The van der Waals surface area contributed by atoms with Gasteiger partial charge in [0.25, 0.3) is 0 Å². The second kappa shape index (κ2) is 7.46. The number of hydrogen-bond acceptors (Lipinski definition) is 4. The molecule has 9 heteroatoms. The number of alkyl halides is 3. The number of rotatable bonds is 4. The summed E-state index contributed by atoms with van der Waals surface area (Å²) in [6.07, 6.45) is 3.64. The Hall–Kier alpha value is -1.77. The molecular weight excluding hydrogens is 347 g/mol. The number of hydrogen-bond donors (Lipinski definition) is 1. The zero-order valence-corrected chi connectivity index (χ0v) is 15.1. The van der Waals surface area contributed by atoms with Gasteiger partial charge in [0, 0.05) is 51.5 Å². The molecule has 1 N–H and O–H groups in total. The summed E-state index contributed by atoms with van der Waals surface area (Å²) in [5, 5.41) is 2.14. The number of amides is 1. The van der Waals surface area contributed by atoms with Crippen molar-refractivity contribution in [3.05, 3.63) is 12.5 Å². The summed E-state index contributed by atoms with van der Waals surface area (Å²) in [6, 6.07) is 0. The molecule has 3 rings (SSSR count). The molecule has 0 spiro atoms. The Morgan fingerprint density at radius 2 is 1.85 bits per heavy atom. The molecule has 1 aliphatic carbocycles. The van der Waals surface area contributed by atoms with Crippen LogP contribution in [0.3, 0.4) is 0 Å². The van der Waals surface area contributed by atoms with Crippen LogP contribution in [0.15, 0.2) is 12.5 Å². The lowest BCUT2D eigenvalue weighted by molar-refractivity contribution is -0.174. The van der Waals surface area contributed by atoms with Crippen LogP contribution in [-0.4, -0.2) is 64.8 Å². The van der Waals surface area contributed by atoms with Crippen LogP contribution in [0, 0.1) is 0 Å².